The van der Waals surface area contributed by atoms with Crippen molar-refractivity contribution in [3.8, 4) is 0 Å². The lowest BCUT2D eigenvalue weighted by Gasteiger charge is -2.27. The fourth-order valence-electron chi connectivity index (χ4n) is 1.65. The molecule has 4 heteroatoms. The normalized spacial score (nSPS) is 26.5. The summed E-state index contributed by atoms with van der Waals surface area (Å²) in [6.45, 7) is 2.79. The molecule has 1 N–H and O–H groups in total. The second kappa shape index (κ2) is 6.80. The topological polar surface area (TPSA) is 55.8 Å². The van der Waals surface area contributed by atoms with Gasteiger partial charge in [-0.05, 0) is 6.42 Å². The highest BCUT2D eigenvalue weighted by molar-refractivity contribution is 5.72. The number of hydrogen-bond donors (Lipinski definition) is 1. The molecule has 0 aromatic rings. The summed E-state index contributed by atoms with van der Waals surface area (Å²) in [5, 5.41) is 8.67. The van der Waals surface area contributed by atoms with E-state index < -0.39 is 12.1 Å². The molecule has 88 valence electrons. The summed E-state index contributed by atoms with van der Waals surface area (Å²) in [5.74, 6) is -0.931. The average molecular weight is 216 g/mol. The van der Waals surface area contributed by atoms with Gasteiger partial charge in [-0.3, -0.25) is 0 Å². The molecule has 1 heterocycles. The van der Waals surface area contributed by atoms with Crippen molar-refractivity contribution < 1.29 is 19.4 Å². The van der Waals surface area contributed by atoms with Crippen LogP contribution in [-0.4, -0.2) is 36.5 Å². The van der Waals surface area contributed by atoms with E-state index in [9.17, 15) is 4.79 Å². The molecule has 0 aromatic carbocycles. The maximum absolute atomic E-state index is 10.6. The van der Waals surface area contributed by atoms with Gasteiger partial charge in [-0.2, -0.15) is 0 Å². The molecule has 4 nitrogen and oxygen atoms in total. The molecule has 1 aliphatic heterocycles. The van der Waals surface area contributed by atoms with Crippen LogP contribution in [0.15, 0.2) is 0 Å². The number of hydrogen-bond acceptors (Lipinski definition) is 3. The Morgan fingerprint density at radius 2 is 2.07 bits per heavy atom. The summed E-state index contributed by atoms with van der Waals surface area (Å²) >= 11 is 0. The maximum Gasteiger partial charge on any atom is 0.335 e. The molecule has 0 aliphatic carbocycles. The van der Waals surface area contributed by atoms with Crippen LogP contribution in [0.2, 0.25) is 0 Å². The van der Waals surface area contributed by atoms with Crippen LogP contribution < -0.4 is 0 Å². The largest absolute Gasteiger partial charge is 0.479 e. The summed E-state index contributed by atoms with van der Waals surface area (Å²) in [6.07, 6.45) is 5.15. The van der Waals surface area contributed by atoms with E-state index in [-0.39, 0.29) is 12.7 Å². The Balaban J connectivity index is 2.07. The van der Waals surface area contributed by atoms with E-state index >= 15 is 0 Å². The van der Waals surface area contributed by atoms with Gasteiger partial charge in [-0.15, -0.1) is 0 Å². The molecule has 0 bridgehead atoms. The van der Waals surface area contributed by atoms with Crippen LogP contribution in [0.25, 0.3) is 0 Å². The van der Waals surface area contributed by atoms with Gasteiger partial charge >= 0.3 is 5.97 Å². The van der Waals surface area contributed by atoms with Crippen molar-refractivity contribution in [2.24, 2.45) is 0 Å². The second-order valence-electron chi connectivity index (χ2n) is 3.96. The molecule has 0 saturated carbocycles. The van der Waals surface area contributed by atoms with Crippen molar-refractivity contribution in [3.05, 3.63) is 0 Å². The van der Waals surface area contributed by atoms with Gasteiger partial charge in [0.15, 0.2) is 6.10 Å². The van der Waals surface area contributed by atoms with Crippen LogP contribution >= 0.6 is 0 Å². The van der Waals surface area contributed by atoms with Gasteiger partial charge < -0.3 is 14.6 Å². The smallest absolute Gasteiger partial charge is 0.335 e. The quantitative estimate of drug-likeness (QED) is 0.688. The molecule has 0 spiro atoms. The minimum atomic E-state index is -0.931. The van der Waals surface area contributed by atoms with E-state index in [0.717, 1.165) is 12.8 Å². The minimum Gasteiger partial charge on any atom is -0.479 e. The molecule has 1 aliphatic rings. The third-order valence-electron chi connectivity index (χ3n) is 2.62. The van der Waals surface area contributed by atoms with Crippen LogP contribution in [0, 0.1) is 0 Å². The highest BCUT2D eigenvalue weighted by atomic mass is 16.6. The summed E-state index contributed by atoms with van der Waals surface area (Å²) in [6, 6.07) is 0. The minimum absolute atomic E-state index is 0.0949. The molecule has 1 rings (SSSR count). The van der Waals surface area contributed by atoms with Gasteiger partial charge in [0.2, 0.25) is 0 Å². The van der Waals surface area contributed by atoms with Crippen LogP contribution in [0.1, 0.15) is 39.0 Å². The first-order valence-electron chi connectivity index (χ1n) is 5.70. The molecule has 0 unspecified atom stereocenters. The number of carbonyl (C=O) groups is 1. The zero-order valence-corrected chi connectivity index (χ0v) is 9.28. The van der Waals surface area contributed by atoms with Gasteiger partial charge in [-0.1, -0.05) is 32.6 Å². The third-order valence-corrected chi connectivity index (χ3v) is 2.62. The Labute approximate surface area is 90.6 Å². The van der Waals surface area contributed by atoms with E-state index in [4.69, 9.17) is 14.6 Å². The monoisotopic (exact) mass is 216 g/mol. The lowest BCUT2D eigenvalue weighted by molar-refractivity contribution is -0.175. The van der Waals surface area contributed by atoms with Crippen LogP contribution in [0.5, 0.6) is 0 Å². The van der Waals surface area contributed by atoms with Crippen molar-refractivity contribution in [2.75, 3.05) is 13.2 Å². The maximum atomic E-state index is 10.6. The number of unbranched alkanes of at least 4 members (excludes halogenated alkanes) is 3. The predicted molar refractivity (Wildman–Crippen MR) is 55.9 cm³/mol. The van der Waals surface area contributed by atoms with E-state index in [1.807, 2.05) is 0 Å². The van der Waals surface area contributed by atoms with Crippen molar-refractivity contribution >= 4 is 5.97 Å². The van der Waals surface area contributed by atoms with E-state index in [1.54, 1.807) is 0 Å². The first-order valence-corrected chi connectivity index (χ1v) is 5.70. The van der Waals surface area contributed by atoms with E-state index in [2.05, 4.69) is 6.92 Å². The Hall–Kier alpha value is -0.610. The third kappa shape index (κ3) is 4.62. The first kappa shape index (κ1) is 12.5. The lowest BCUT2D eigenvalue weighted by Crippen LogP contribution is -2.40. The molecule has 1 fully saturated rings. The van der Waals surface area contributed by atoms with Crippen LogP contribution in [0.3, 0.4) is 0 Å². The van der Waals surface area contributed by atoms with Gasteiger partial charge in [0.05, 0.1) is 19.3 Å². The summed E-state index contributed by atoms with van der Waals surface area (Å²) < 4.78 is 10.6. The standard InChI is InChI=1S/C11H20O4/c1-2-3-4-5-6-9-7-15-10(8-14-9)11(12)13/h9-10H,2-8H2,1H3,(H,12,13)/t9-,10-/m0/s1. The first-order chi connectivity index (χ1) is 7.24. The Kier molecular flexibility index (Phi) is 5.65. The molecule has 0 amide bonds. The number of rotatable bonds is 6. The van der Waals surface area contributed by atoms with Gasteiger partial charge in [-0.25, -0.2) is 4.79 Å². The Morgan fingerprint density at radius 3 is 2.60 bits per heavy atom. The molecule has 0 aromatic heterocycles. The Bertz CT molecular complexity index is 185. The van der Waals surface area contributed by atoms with E-state index in [0.29, 0.717) is 6.61 Å². The zero-order chi connectivity index (χ0) is 11.1. The number of ether oxygens (including phenoxy) is 2. The molecule has 1 saturated heterocycles. The number of aliphatic carboxylic acids is 1. The molecule has 0 radical (unpaired) electrons. The molecule has 15 heavy (non-hydrogen) atoms. The zero-order valence-electron chi connectivity index (χ0n) is 9.28. The van der Waals surface area contributed by atoms with Crippen molar-refractivity contribution in [1.82, 2.24) is 0 Å². The highest BCUT2D eigenvalue weighted by Crippen LogP contribution is 2.14. The molecular weight excluding hydrogens is 196 g/mol. The Morgan fingerprint density at radius 1 is 1.27 bits per heavy atom. The lowest BCUT2D eigenvalue weighted by atomic mass is 10.1. The van der Waals surface area contributed by atoms with Crippen molar-refractivity contribution in [3.63, 3.8) is 0 Å². The van der Waals surface area contributed by atoms with Gasteiger partial charge in [0, 0.05) is 0 Å². The highest BCUT2D eigenvalue weighted by Gasteiger charge is 2.26. The van der Waals surface area contributed by atoms with Crippen LogP contribution in [-0.2, 0) is 14.3 Å². The fraction of sp³-hybridized carbons (Fsp3) is 0.909. The van der Waals surface area contributed by atoms with Crippen molar-refractivity contribution in [1.29, 1.82) is 0 Å². The average Bonchev–Trinajstić information content (AvgIpc) is 2.25. The second-order valence-corrected chi connectivity index (χ2v) is 3.96. The summed E-state index contributed by atoms with van der Waals surface area (Å²) in [4.78, 5) is 10.6. The molecular formula is C11H20O4. The van der Waals surface area contributed by atoms with Crippen molar-refractivity contribution in [2.45, 2.75) is 51.2 Å². The number of carboxylic acids is 1. The summed E-state index contributed by atoms with van der Waals surface area (Å²) in [5.41, 5.74) is 0. The fourth-order valence-corrected chi connectivity index (χ4v) is 1.65. The van der Waals surface area contributed by atoms with Gasteiger partial charge in [0.1, 0.15) is 0 Å². The number of carboxylic acid groups (broad SMARTS) is 1. The molecule has 2 atom stereocenters. The van der Waals surface area contributed by atoms with Gasteiger partial charge in [0.25, 0.3) is 0 Å². The van der Waals surface area contributed by atoms with E-state index in [1.165, 1.54) is 19.3 Å². The van der Waals surface area contributed by atoms with Crippen LogP contribution in [0.4, 0.5) is 0 Å². The SMILES string of the molecule is CCCCCC[C@H]1CO[C@H](C(=O)O)CO1. The predicted octanol–water partition coefficient (Wildman–Crippen LogP) is 1.83. The summed E-state index contributed by atoms with van der Waals surface area (Å²) in [7, 11) is 0.